The molecule has 0 saturated carbocycles. The van der Waals surface area contributed by atoms with Crippen LogP contribution in [0, 0.1) is 6.92 Å². The van der Waals surface area contributed by atoms with Gasteiger partial charge < -0.3 is 18.9 Å². The predicted molar refractivity (Wildman–Crippen MR) is 119 cm³/mol. The fourth-order valence-corrected chi connectivity index (χ4v) is 4.46. The van der Waals surface area contributed by atoms with Gasteiger partial charge in [0.2, 0.25) is 5.78 Å². The largest absolute Gasteiger partial charge is 0.462 e. The number of ketones is 1. The predicted octanol–water partition coefficient (Wildman–Crippen LogP) is 4.49. The highest BCUT2D eigenvalue weighted by Crippen LogP contribution is 2.48. The van der Waals surface area contributed by atoms with Crippen LogP contribution in [-0.4, -0.2) is 16.7 Å². The maximum atomic E-state index is 13.0. The molecular weight excluding hydrogens is 422 g/mol. The van der Waals surface area contributed by atoms with Gasteiger partial charge in [-0.3, -0.25) is 14.4 Å². The van der Waals surface area contributed by atoms with E-state index < -0.39 is 11.9 Å². The first-order valence-corrected chi connectivity index (χ1v) is 10.5. The van der Waals surface area contributed by atoms with Crippen LogP contribution in [0.25, 0.3) is 17.0 Å². The van der Waals surface area contributed by atoms with Crippen molar-refractivity contribution in [3.63, 3.8) is 0 Å². The number of para-hydroxylation sites is 1. The molecule has 2 aromatic carbocycles. The number of furan rings is 1. The minimum atomic E-state index is -0.623. The Morgan fingerprint density at radius 1 is 1.00 bits per heavy atom. The van der Waals surface area contributed by atoms with Gasteiger partial charge in [0.05, 0.1) is 12.0 Å². The van der Waals surface area contributed by atoms with Gasteiger partial charge in [-0.05, 0) is 48.7 Å². The number of ether oxygens (including phenoxy) is 2. The van der Waals surface area contributed by atoms with Crippen molar-refractivity contribution in [3.8, 4) is 11.5 Å². The molecule has 0 spiro atoms. The number of pyridine rings is 1. The number of rotatable bonds is 2. The van der Waals surface area contributed by atoms with Gasteiger partial charge in [-0.15, -0.1) is 0 Å². The molecule has 6 rings (SSSR count). The number of carbonyl (C=O) groups is 2. The number of aromatic amines is 1. The first-order valence-electron chi connectivity index (χ1n) is 10.5. The van der Waals surface area contributed by atoms with E-state index in [1.807, 2.05) is 31.2 Å². The van der Waals surface area contributed by atoms with Crippen LogP contribution in [0.2, 0.25) is 0 Å². The molecule has 2 aromatic heterocycles. The van der Waals surface area contributed by atoms with Gasteiger partial charge in [0.1, 0.15) is 23.0 Å². The normalized spacial score (nSPS) is 18.2. The molecular formula is C26H17NO6. The van der Waals surface area contributed by atoms with E-state index in [0.717, 1.165) is 5.39 Å². The Morgan fingerprint density at radius 3 is 2.67 bits per heavy atom. The number of fused-ring (bicyclic) bond motifs is 4. The van der Waals surface area contributed by atoms with Crippen molar-refractivity contribution in [1.82, 2.24) is 4.98 Å². The van der Waals surface area contributed by atoms with E-state index in [2.05, 4.69) is 4.98 Å². The molecule has 33 heavy (non-hydrogen) atoms. The fraction of sp³-hybridized carbons (Fsp3) is 0.115. The summed E-state index contributed by atoms with van der Waals surface area (Å²) in [5.74, 6) is 0.521. The molecule has 0 aliphatic carbocycles. The van der Waals surface area contributed by atoms with E-state index in [0.29, 0.717) is 39.5 Å². The average molecular weight is 439 g/mol. The molecule has 2 aliphatic heterocycles. The SMILES string of the molecule is Cc1ccc(/C=C2\Oc3c(ccc4c3[C@@H](c3cc5ccccc5[nH]c3=O)CC(=O)O4)C2=O)o1. The first kappa shape index (κ1) is 19.3. The number of allylic oxidation sites excluding steroid dienone is 1. The van der Waals surface area contributed by atoms with Gasteiger partial charge in [0.25, 0.3) is 5.56 Å². The molecule has 0 amide bonds. The zero-order valence-electron chi connectivity index (χ0n) is 17.5. The molecule has 162 valence electrons. The van der Waals surface area contributed by atoms with Gasteiger partial charge in [0.15, 0.2) is 5.76 Å². The number of H-pyrrole nitrogens is 1. The van der Waals surface area contributed by atoms with Crippen molar-refractivity contribution in [2.45, 2.75) is 19.3 Å². The standard InChI is InChI=1S/C26H17NO6/c1-13-6-7-15(31-13)11-21-24(29)16-8-9-20-23(25(16)33-21)17(12-22(28)32-20)18-10-14-4-2-3-5-19(14)27-26(18)30/h2-11,17H,12H2,1H3,(H,27,30)/b21-11-/t17-/m1/s1. The Labute approximate surface area is 187 Å². The Hall–Kier alpha value is -4.39. The van der Waals surface area contributed by atoms with Crippen molar-refractivity contribution in [1.29, 1.82) is 0 Å². The molecule has 0 unspecified atom stereocenters. The molecule has 4 heterocycles. The third kappa shape index (κ3) is 3.09. The number of carbonyl (C=O) groups excluding carboxylic acids is 2. The second kappa shape index (κ2) is 7.06. The van der Waals surface area contributed by atoms with Gasteiger partial charge in [-0.1, -0.05) is 18.2 Å². The van der Waals surface area contributed by atoms with Crippen LogP contribution in [-0.2, 0) is 4.79 Å². The fourth-order valence-electron chi connectivity index (χ4n) is 4.46. The van der Waals surface area contributed by atoms with E-state index in [4.69, 9.17) is 13.9 Å². The highest BCUT2D eigenvalue weighted by molar-refractivity contribution is 6.15. The van der Waals surface area contributed by atoms with Crippen molar-refractivity contribution in [2.24, 2.45) is 0 Å². The maximum Gasteiger partial charge on any atom is 0.312 e. The van der Waals surface area contributed by atoms with Crippen molar-refractivity contribution >= 4 is 28.7 Å². The number of benzene rings is 2. The number of hydrogen-bond donors (Lipinski definition) is 1. The summed E-state index contributed by atoms with van der Waals surface area (Å²) in [7, 11) is 0. The van der Waals surface area contributed by atoms with E-state index in [1.165, 1.54) is 6.08 Å². The molecule has 7 heteroatoms. The zero-order chi connectivity index (χ0) is 22.7. The van der Waals surface area contributed by atoms with Crippen LogP contribution in [0.3, 0.4) is 0 Å². The molecule has 2 aliphatic rings. The Balaban J connectivity index is 1.52. The van der Waals surface area contributed by atoms with Crippen LogP contribution in [0.4, 0.5) is 0 Å². The van der Waals surface area contributed by atoms with Crippen molar-refractivity contribution in [3.05, 3.63) is 98.9 Å². The van der Waals surface area contributed by atoms with E-state index in [1.54, 1.807) is 30.3 Å². The highest BCUT2D eigenvalue weighted by atomic mass is 16.5. The Bertz CT molecular complexity index is 1570. The van der Waals surface area contributed by atoms with E-state index >= 15 is 0 Å². The summed E-state index contributed by atoms with van der Waals surface area (Å²) in [5.41, 5.74) is 1.68. The summed E-state index contributed by atoms with van der Waals surface area (Å²) in [4.78, 5) is 41.3. The van der Waals surface area contributed by atoms with Crippen LogP contribution in [0.5, 0.6) is 11.5 Å². The monoisotopic (exact) mass is 439 g/mol. The summed E-state index contributed by atoms with van der Waals surface area (Å²) in [5, 5.41) is 0.839. The lowest BCUT2D eigenvalue weighted by molar-refractivity contribution is -0.135. The van der Waals surface area contributed by atoms with Gasteiger partial charge in [-0.2, -0.15) is 0 Å². The molecule has 7 nitrogen and oxygen atoms in total. The lowest BCUT2D eigenvalue weighted by atomic mass is 9.85. The molecule has 0 saturated heterocycles. The Kier molecular flexibility index (Phi) is 4.13. The third-order valence-electron chi connectivity index (χ3n) is 5.97. The quantitative estimate of drug-likeness (QED) is 0.281. The number of esters is 1. The number of nitrogens with one attached hydrogen (secondary N) is 1. The molecule has 0 bridgehead atoms. The first-order chi connectivity index (χ1) is 16.0. The number of Topliss-reactive ketones (excluding diaryl/α,β-unsaturated/α-hetero) is 1. The zero-order valence-corrected chi connectivity index (χ0v) is 17.5. The third-order valence-corrected chi connectivity index (χ3v) is 5.97. The van der Waals surface area contributed by atoms with Gasteiger partial charge in [0, 0.05) is 28.6 Å². The molecule has 0 fully saturated rings. The van der Waals surface area contributed by atoms with Crippen LogP contribution < -0.4 is 15.0 Å². The maximum absolute atomic E-state index is 13.0. The number of aryl methyl sites for hydroxylation is 1. The van der Waals surface area contributed by atoms with Crippen molar-refractivity contribution < 1.29 is 23.5 Å². The number of hydrogen-bond acceptors (Lipinski definition) is 6. The van der Waals surface area contributed by atoms with Crippen LogP contribution >= 0.6 is 0 Å². The van der Waals surface area contributed by atoms with E-state index in [-0.39, 0.29) is 29.3 Å². The summed E-state index contributed by atoms with van der Waals surface area (Å²) in [6.07, 6.45) is 1.49. The molecule has 0 radical (unpaired) electrons. The van der Waals surface area contributed by atoms with Gasteiger partial charge >= 0.3 is 5.97 Å². The summed E-state index contributed by atoms with van der Waals surface area (Å²) < 4.78 is 17.0. The highest BCUT2D eigenvalue weighted by Gasteiger charge is 2.39. The van der Waals surface area contributed by atoms with Crippen LogP contribution in [0.15, 0.2) is 69.6 Å². The summed E-state index contributed by atoms with van der Waals surface area (Å²) in [6, 6.07) is 15.9. The van der Waals surface area contributed by atoms with Crippen LogP contribution in [0.1, 0.15) is 45.3 Å². The lowest BCUT2D eigenvalue weighted by Gasteiger charge is -2.26. The second-order valence-corrected chi connectivity index (χ2v) is 8.11. The van der Waals surface area contributed by atoms with Gasteiger partial charge in [-0.25, -0.2) is 0 Å². The van der Waals surface area contributed by atoms with Crippen molar-refractivity contribution in [2.75, 3.05) is 0 Å². The average Bonchev–Trinajstić information content (AvgIpc) is 3.35. The topological polar surface area (TPSA) is 98.6 Å². The second-order valence-electron chi connectivity index (χ2n) is 8.11. The molecule has 4 aromatic rings. The minimum Gasteiger partial charge on any atom is -0.462 e. The summed E-state index contributed by atoms with van der Waals surface area (Å²) >= 11 is 0. The number of aromatic nitrogens is 1. The van der Waals surface area contributed by atoms with E-state index in [9.17, 15) is 14.4 Å². The Morgan fingerprint density at radius 2 is 1.85 bits per heavy atom. The summed E-state index contributed by atoms with van der Waals surface area (Å²) in [6.45, 7) is 1.81. The molecule has 1 atom stereocenters. The smallest absolute Gasteiger partial charge is 0.312 e. The molecule has 1 N–H and O–H groups in total. The minimum absolute atomic E-state index is 0.0428. The lowest BCUT2D eigenvalue weighted by Crippen LogP contribution is -2.26.